The third-order valence-corrected chi connectivity index (χ3v) is 5.50. The molecule has 1 aliphatic heterocycles. The second kappa shape index (κ2) is 9.00. The van der Waals surface area contributed by atoms with Crippen LogP contribution in [0.3, 0.4) is 0 Å². The number of hydrogen-bond acceptors (Lipinski definition) is 4. The molecule has 158 valence electrons. The molecule has 1 heterocycles. The lowest BCUT2D eigenvalue weighted by molar-refractivity contribution is 0.708. The van der Waals surface area contributed by atoms with E-state index in [2.05, 4.69) is 146 Å². The number of hydrogen-bond donors (Lipinski definition) is 1. The van der Waals surface area contributed by atoms with Crippen LogP contribution in [-0.2, 0) is 0 Å². The summed E-state index contributed by atoms with van der Waals surface area (Å²) in [6.45, 7) is 0. The fraction of sp³-hybridized carbons (Fsp3) is 0.185. The van der Waals surface area contributed by atoms with Crippen LogP contribution < -0.4 is 20.2 Å². The zero-order chi connectivity index (χ0) is 21.8. The summed E-state index contributed by atoms with van der Waals surface area (Å²) in [7, 11) is 8.34. The molecule has 1 atom stereocenters. The van der Waals surface area contributed by atoms with Crippen molar-refractivity contribution in [3.05, 3.63) is 108 Å². The van der Waals surface area contributed by atoms with Crippen molar-refractivity contribution in [2.45, 2.75) is 6.04 Å². The Balaban J connectivity index is 1.71. The van der Waals surface area contributed by atoms with Gasteiger partial charge in [0, 0.05) is 45.1 Å². The third kappa shape index (κ3) is 4.43. The van der Waals surface area contributed by atoms with Gasteiger partial charge in [-0.1, -0.05) is 60.7 Å². The SMILES string of the molecule is CN(C)c1ccccc1C=CC1=CC(c2ccccc2N(C)C)N(c2ccccc2)N1. The highest BCUT2D eigenvalue weighted by atomic mass is 15.5. The van der Waals surface area contributed by atoms with E-state index in [0.29, 0.717) is 0 Å². The Hall–Kier alpha value is -3.66. The predicted octanol–water partition coefficient (Wildman–Crippen LogP) is 5.48. The van der Waals surface area contributed by atoms with Crippen molar-refractivity contribution < 1.29 is 0 Å². The number of nitrogens with one attached hydrogen (secondary N) is 1. The molecule has 3 aromatic rings. The highest BCUT2D eigenvalue weighted by Crippen LogP contribution is 2.36. The summed E-state index contributed by atoms with van der Waals surface area (Å²) in [5, 5.41) is 2.24. The van der Waals surface area contributed by atoms with E-state index in [4.69, 9.17) is 0 Å². The van der Waals surface area contributed by atoms with Gasteiger partial charge < -0.3 is 9.80 Å². The molecule has 0 aromatic heterocycles. The highest BCUT2D eigenvalue weighted by molar-refractivity contribution is 5.69. The standard InChI is InChI=1S/C27H30N4/c1-29(2)25-16-10-8-12-21(25)18-19-22-20-27(24-15-9-11-17-26(24)30(3)4)31(28-22)23-13-6-5-7-14-23/h5-20,27-28H,1-4H3. The van der Waals surface area contributed by atoms with E-state index in [0.717, 1.165) is 11.4 Å². The van der Waals surface area contributed by atoms with Crippen LogP contribution in [0, 0.1) is 0 Å². The van der Waals surface area contributed by atoms with Gasteiger partial charge in [-0.3, -0.25) is 10.4 Å². The summed E-state index contributed by atoms with van der Waals surface area (Å²) in [6, 6.07) is 27.6. The Kier molecular flexibility index (Phi) is 5.99. The van der Waals surface area contributed by atoms with E-state index >= 15 is 0 Å². The van der Waals surface area contributed by atoms with Crippen LogP contribution in [0.2, 0.25) is 0 Å². The number of para-hydroxylation sites is 3. The van der Waals surface area contributed by atoms with Crippen molar-refractivity contribution in [3.8, 4) is 0 Å². The number of benzene rings is 3. The van der Waals surface area contributed by atoms with Crippen LogP contribution >= 0.6 is 0 Å². The first-order chi connectivity index (χ1) is 15.0. The molecule has 1 N–H and O–H groups in total. The molecule has 4 rings (SSSR count). The molecule has 0 saturated carbocycles. The van der Waals surface area contributed by atoms with E-state index in [1.54, 1.807) is 0 Å². The molecule has 0 saturated heterocycles. The van der Waals surface area contributed by atoms with Crippen molar-refractivity contribution in [2.75, 3.05) is 43.0 Å². The van der Waals surface area contributed by atoms with Gasteiger partial charge in [0.1, 0.15) is 0 Å². The molecule has 1 aliphatic rings. The van der Waals surface area contributed by atoms with Gasteiger partial charge in [0.2, 0.25) is 0 Å². The maximum Gasteiger partial charge on any atom is 0.0978 e. The molecule has 0 spiro atoms. The molecule has 0 radical (unpaired) electrons. The van der Waals surface area contributed by atoms with Crippen molar-refractivity contribution in [3.63, 3.8) is 0 Å². The lowest BCUT2D eigenvalue weighted by atomic mass is 10.0. The molecule has 31 heavy (non-hydrogen) atoms. The van der Waals surface area contributed by atoms with Crippen LogP contribution in [0.1, 0.15) is 17.2 Å². The summed E-state index contributed by atoms with van der Waals surface area (Å²) in [4.78, 5) is 4.32. The van der Waals surface area contributed by atoms with E-state index in [-0.39, 0.29) is 6.04 Å². The van der Waals surface area contributed by atoms with Gasteiger partial charge in [-0.05, 0) is 42.0 Å². The molecule has 0 aliphatic carbocycles. The van der Waals surface area contributed by atoms with Crippen molar-refractivity contribution in [1.82, 2.24) is 5.43 Å². The first-order valence-electron chi connectivity index (χ1n) is 10.6. The molecule has 0 amide bonds. The lowest BCUT2D eigenvalue weighted by Gasteiger charge is -2.30. The average Bonchev–Trinajstić information content (AvgIpc) is 3.22. The topological polar surface area (TPSA) is 21.8 Å². The number of allylic oxidation sites excluding steroid dienone is 1. The fourth-order valence-corrected chi connectivity index (χ4v) is 3.99. The van der Waals surface area contributed by atoms with Crippen LogP contribution in [0.15, 0.2) is 96.7 Å². The number of anilines is 3. The second-order valence-electron chi connectivity index (χ2n) is 8.12. The zero-order valence-corrected chi connectivity index (χ0v) is 18.7. The summed E-state index contributed by atoms with van der Waals surface area (Å²) in [6.07, 6.45) is 6.64. The molecule has 3 aromatic carbocycles. The molecule has 0 fully saturated rings. The van der Waals surface area contributed by atoms with Gasteiger partial charge in [-0.2, -0.15) is 0 Å². The number of nitrogens with zero attached hydrogens (tertiary/aromatic N) is 3. The van der Waals surface area contributed by atoms with E-state index < -0.39 is 0 Å². The minimum absolute atomic E-state index is 0.0877. The van der Waals surface area contributed by atoms with E-state index in [9.17, 15) is 0 Å². The minimum Gasteiger partial charge on any atom is -0.377 e. The summed E-state index contributed by atoms with van der Waals surface area (Å²) in [5.41, 5.74) is 10.7. The maximum absolute atomic E-state index is 3.62. The van der Waals surface area contributed by atoms with Crippen LogP contribution in [0.5, 0.6) is 0 Å². The van der Waals surface area contributed by atoms with Crippen molar-refractivity contribution in [2.24, 2.45) is 0 Å². The number of hydrazine groups is 1. The largest absolute Gasteiger partial charge is 0.377 e. The van der Waals surface area contributed by atoms with Gasteiger partial charge in [-0.15, -0.1) is 0 Å². The Labute approximate surface area is 185 Å². The Morgan fingerprint density at radius 2 is 1.32 bits per heavy atom. The lowest BCUT2D eigenvalue weighted by Crippen LogP contribution is -2.34. The van der Waals surface area contributed by atoms with Crippen LogP contribution in [-0.4, -0.2) is 28.2 Å². The van der Waals surface area contributed by atoms with Gasteiger partial charge in [0.25, 0.3) is 0 Å². The quantitative estimate of drug-likeness (QED) is 0.581. The summed E-state index contributed by atoms with van der Waals surface area (Å²) in [5.74, 6) is 0. The third-order valence-electron chi connectivity index (χ3n) is 5.50. The molecule has 1 unspecified atom stereocenters. The normalized spacial score (nSPS) is 15.7. The van der Waals surface area contributed by atoms with E-state index in [1.165, 1.54) is 22.5 Å². The smallest absolute Gasteiger partial charge is 0.0978 e. The molecule has 4 heteroatoms. The molecular formula is C27H30N4. The summed E-state index contributed by atoms with van der Waals surface area (Å²) >= 11 is 0. The maximum atomic E-state index is 3.62. The Bertz CT molecular complexity index is 1080. The summed E-state index contributed by atoms with van der Waals surface area (Å²) < 4.78 is 0. The second-order valence-corrected chi connectivity index (χ2v) is 8.12. The van der Waals surface area contributed by atoms with Crippen molar-refractivity contribution in [1.29, 1.82) is 0 Å². The monoisotopic (exact) mass is 410 g/mol. The molecular weight excluding hydrogens is 380 g/mol. The van der Waals surface area contributed by atoms with Crippen LogP contribution in [0.25, 0.3) is 6.08 Å². The molecule has 4 nitrogen and oxygen atoms in total. The highest BCUT2D eigenvalue weighted by Gasteiger charge is 2.27. The van der Waals surface area contributed by atoms with Gasteiger partial charge in [0.05, 0.1) is 17.4 Å². The zero-order valence-electron chi connectivity index (χ0n) is 18.7. The molecule has 0 bridgehead atoms. The Morgan fingerprint density at radius 1 is 0.710 bits per heavy atom. The first-order valence-corrected chi connectivity index (χ1v) is 10.6. The first kappa shape index (κ1) is 20.6. The Morgan fingerprint density at radius 3 is 2.03 bits per heavy atom. The average molecular weight is 411 g/mol. The van der Waals surface area contributed by atoms with E-state index in [1.807, 2.05) is 0 Å². The van der Waals surface area contributed by atoms with Gasteiger partial charge in [-0.25, -0.2) is 0 Å². The number of rotatable bonds is 6. The van der Waals surface area contributed by atoms with Gasteiger partial charge in [0.15, 0.2) is 0 Å². The predicted molar refractivity (Wildman–Crippen MR) is 133 cm³/mol. The fourth-order valence-electron chi connectivity index (χ4n) is 3.99. The van der Waals surface area contributed by atoms with Crippen molar-refractivity contribution >= 4 is 23.1 Å². The minimum atomic E-state index is 0.0877. The van der Waals surface area contributed by atoms with Crippen LogP contribution in [0.4, 0.5) is 17.1 Å². The van der Waals surface area contributed by atoms with Gasteiger partial charge >= 0.3 is 0 Å².